The van der Waals surface area contributed by atoms with E-state index in [2.05, 4.69) is 0 Å². The fraction of sp³-hybridized carbons (Fsp3) is 1.00. The third-order valence-electron chi connectivity index (χ3n) is 0.0845. The molecule has 0 unspecified atom stereocenters. The van der Waals surface area contributed by atoms with Crippen LogP contribution in [0.15, 0.2) is 0 Å². The van der Waals surface area contributed by atoms with E-state index in [4.69, 9.17) is 55.2 Å². The first-order valence-electron chi connectivity index (χ1n) is 2.65. The fourth-order valence-corrected chi connectivity index (χ4v) is 0. The Labute approximate surface area is 94.0 Å². The minimum absolute atomic E-state index is 0. The molecule has 0 aromatic rings. The van der Waals surface area contributed by atoms with E-state index in [0.29, 0.717) is 5.88 Å². The van der Waals surface area contributed by atoms with Gasteiger partial charge >= 0.3 is 25.8 Å². The van der Waals surface area contributed by atoms with Crippen molar-refractivity contribution in [3.05, 3.63) is 0 Å². The van der Waals surface area contributed by atoms with E-state index in [1.165, 1.54) is 0 Å². The number of rotatable bonds is 1. The van der Waals surface area contributed by atoms with Gasteiger partial charge in [0.05, 0.1) is 6.61 Å². The standard InChI is InChI=1S/C2H5ClO.Be.2H3O4P.2H/c3-1-2-4;;2*1-5(2,3)4;;/h4H,1-2H2;;2*(H3,1,2,3,4);;. The molecular weight excluding hydrogens is 274 g/mol. The third-order valence-corrected chi connectivity index (χ3v) is 0.254. The molecule has 0 atom stereocenters. The molecule has 0 aliphatic heterocycles. The Morgan fingerprint density at radius 3 is 0.933 bits per heavy atom. The van der Waals surface area contributed by atoms with Gasteiger partial charge in [-0.15, -0.1) is 11.6 Å². The predicted octanol–water partition coefficient (Wildman–Crippen LogP) is -2.56. The van der Waals surface area contributed by atoms with Crippen LogP contribution in [0, 0.1) is 0 Å². The van der Waals surface area contributed by atoms with Crippen LogP contribution in [0.1, 0.15) is 0 Å². The summed E-state index contributed by atoms with van der Waals surface area (Å²) in [6.45, 7) is 0.0849. The minimum atomic E-state index is -4.64. The monoisotopic (exact) mass is 287 g/mol. The van der Waals surface area contributed by atoms with Crippen molar-refractivity contribution in [1.29, 1.82) is 0 Å². The van der Waals surface area contributed by atoms with Crippen molar-refractivity contribution < 1.29 is 43.6 Å². The van der Waals surface area contributed by atoms with Gasteiger partial charge in [0.1, 0.15) is 0 Å². The van der Waals surface area contributed by atoms with E-state index in [0.717, 1.165) is 0 Å². The third kappa shape index (κ3) is 871. The number of alkyl halides is 1. The summed E-state index contributed by atoms with van der Waals surface area (Å²) in [5.74, 6) is 0.347. The number of hydrogen-bond donors (Lipinski definition) is 7. The van der Waals surface area contributed by atoms with Gasteiger partial charge < -0.3 is 34.5 Å². The Morgan fingerprint density at radius 2 is 0.933 bits per heavy atom. The Balaban J connectivity index is -0.0000000590. The van der Waals surface area contributed by atoms with Gasteiger partial charge in [0, 0.05) is 5.88 Å². The number of hydrogen-bond acceptors (Lipinski definition) is 3. The summed E-state index contributed by atoms with van der Waals surface area (Å²) in [5.41, 5.74) is 0. The Morgan fingerprint density at radius 1 is 0.867 bits per heavy atom. The summed E-state index contributed by atoms with van der Waals surface area (Å²) >= 11 is 4.94. The van der Waals surface area contributed by atoms with Crippen LogP contribution in [-0.2, 0) is 9.13 Å². The second kappa shape index (κ2) is 12.7. The van der Waals surface area contributed by atoms with Crippen LogP contribution in [0.25, 0.3) is 0 Å². The van der Waals surface area contributed by atoms with Crippen LogP contribution in [0.5, 0.6) is 0 Å². The Kier molecular flexibility index (Phi) is 21.0. The average molecular weight is 288 g/mol. The number of aliphatic hydroxyl groups is 1. The second-order valence-electron chi connectivity index (χ2n) is 1.44. The maximum atomic E-state index is 8.88. The average Bonchev–Trinajstić information content (AvgIpc) is 1.79. The van der Waals surface area contributed by atoms with Crippen LogP contribution in [-0.4, -0.2) is 57.1 Å². The second-order valence-corrected chi connectivity index (χ2v) is 3.87. The molecule has 0 aromatic heterocycles. The van der Waals surface area contributed by atoms with Gasteiger partial charge in [0.15, 0.2) is 0 Å². The molecule has 0 aliphatic carbocycles. The van der Waals surface area contributed by atoms with E-state index < -0.39 is 15.6 Å². The first kappa shape index (κ1) is 24.7. The van der Waals surface area contributed by atoms with Crippen LogP contribution in [0.4, 0.5) is 0 Å². The predicted molar refractivity (Wildman–Crippen MR) is 54.9 cm³/mol. The molecular formula is C2H13BeClO9P2. The molecule has 0 amide bonds. The first-order chi connectivity index (χ1) is 5.91. The van der Waals surface area contributed by atoms with Crippen LogP contribution >= 0.6 is 27.2 Å². The molecule has 0 saturated carbocycles. The van der Waals surface area contributed by atoms with Gasteiger partial charge in [0.25, 0.3) is 0 Å². The van der Waals surface area contributed by atoms with Crippen LogP contribution in [0.2, 0.25) is 0 Å². The van der Waals surface area contributed by atoms with Crippen molar-refractivity contribution >= 4 is 37.4 Å². The van der Waals surface area contributed by atoms with Crippen LogP contribution in [0.3, 0.4) is 0 Å². The topological polar surface area (TPSA) is 176 Å². The van der Waals surface area contributed by atoms with Crippen molar-refractivity contribution in [2.45, 2.75) is 0 Å². The zero-order valence-electron chi connectivity index (χ0n) is 6.63. The normalized spacial score (nSPS) is 9.87. The molecule has 0 aromatic carbocycles. The zero-order valence-corrected chi connectivity index (χ0v) is 9.18. The van der Waals surface area contributed by atoms with E-state index in [1.54, 1.807) is 0 Å². The van der Waals surface area contributed by atoms with Gasteiger partial charge in [-0.2, -0.15) is 0 Å². The van der Waals surface area contributed by atoms with Crippen molar-refractivity contribution in [3.8, 4) is 0 Å². The molecule has 0 rings (SSSR count). The van der Waals surface area contributed by atoms with E-state index in [-0.39, 0.29) is 16.7 Å². The molecule has 0 saturated heterocycles. The molecule has 0 bridgehead atoms. The molecule has 7 N–H and O–H groups in total. The van der Waals surface area contributed by atoms with Crippen molar-refractivity contribution in [3.63, 3.8) is 0 Å². The summed E-state index contributed by atoms with van der Waals surface area (Å²) in [6.07, 6.45) is 0. The molecule has 13 heteroatoms. The number of aliphatic hydroxyl groups excluding tert-OH is 1. The Hall–Kier alpha value is 0.639. The number of phosphoric acid groups is 2. The molecule has 9 nitrogen and oxygen atoms in total. The maximum absolute atomic E-state index is 8.88. The van der Waals surface area contributed by atoms with E-state index in [1.807, 2.05) is 0 Å². The van der Waals surface area contributed by atoms with Gasteiger partial charge in [0.2, 0.25) is 0 Å². The summed E-state index contributed by atoms with van der Waals surface area (Å²) in [7, 11) is -9.28. The van der Waals surface area contributed by atoms with Gasteiger partial charge in [-0.25, -0.2) is 9.13 Å². The summed E-state index contributed by atoms with van der Waals surface area (Å²) < 4.78 is 17.8. The molecule has 0 radical (unpaired) electrons. The van der Waals surface area contributed by atoms with Crippen molar-refractivity contribution in [2.24, 2.45) is 0 Å². The SMILES string of the molecule is O=P(O)(O)O.O=P(O)(O)O.OCCCl.[BeH2]. The van der Waals surface area contributed by atoms with E-state index in [9.17, 15) is 0 Å². The van der Waals surface area contributed by atoms with Crippen molar-refractivity contribution in [1.82, 2.24) is 0 Å². The molecule has 0 fully saturated rings. The number of halogens is 1. The summed E-state index contributed by atoms with van der Waals surface area (Å²) in [6, 6.07) is 0. The fourth-order valence-electron chi connectivity index (χ4n) is 0. The van der Waals surface area contributed by atoms with Gasteiger partial charge in [-0.3, -0.25) is 0 Å². The summed E-state index contributed by atoms with van der Waals surface area (Å²) in [5, 5.41) is 7.74. The summed E-state index contributed by atoms with van der Waals surface area (Å²) in [4.78, 5) is 43.1. The van der Waals surface area contributed by atoms with E-state index >= 15 is 0 Å². The molecule has 0 spiro atoms. The van der Waals surface area contributed by atoms with Crippen LogP contribution < -0.4 is 0 Å². The van der Waals surface area contributed by atoms with Crippen molar-refractivity contribution in [2.75, 3.05) is 12.5 Å². The Bertz CT molecular complexity index is 160. The molecule has 15 heavy (non-hydrogen) atoms. The first-order valence-corrected chi connectivity index (χ1v) is 6.31. The molecule has 94 valence electrons. The molecule has 0 aliphatic rings. The van der Waals surface area contributed by atoms with Gasteiger partial charge in [-0.05, 0) is 0 Å². The van der Waals surface area contributed by atoms with Gasteiger partial charge in [-0.1, -0.05) is 0 Å². The zero-order chi connectivity index (χ0) is 12.4. The molecule has 0 heterocycles. The quantitative estimate of drug-likeness (QED) is 0.155.